The highest BCUT2D eigenvalue weighted by molar-refractivity contribution is 5.71. The predicted octanol–water partition coefficient (Wildman–Crippen LogP) is 13.6. The third kappa shape index (κ3) is 36.2. The summed E-state index contributed by atoms with van der Waals surface area (Å²) in [5.74, 6) is 0.00571. The highest BCUT2D eigenvalue weighted by Crippen LogP contribution is 2.16. The second kappa shape index (κ2) is 38.6. The summed E-state index contributed by atoms with van der Waals surface area (Å²) in [5.41, 5.74) is 0. The van der Waals surface area contributed by atoms with Crippen LogP contribution in [0.1, 0.15) is 240 Å². The van der Waals surface area contributed by atoms with E-state index >= 15 is 0 Å². The van der Waals surface area contributed by atoms with Gasteiger partial charge in [-0.05, 0) is 25.2 Å². The van der Waals surface area contributed by atoms with Gasteiger partial charge in [-0.15, -0.1) is 0 Å². The summed E-state index contributed by atoms with van der Waals surface area (Å²) in [6.07, 6.45) is 36.6. The first kappa shape index (κ1) is 48.4. The van der Waals surface area contributed by atoms with E-state index in [4.69, 9.17) is 14.2 Å². The molecule has 2 atom stereocenters. The van der Waals surface area contributed by atoms with Gasteiger partial charge < -0.3 is 14.2 Å². The van der Waals surface area contributed by atoms with E-state index in [1.165, 1.54) is 135 Å². The van der Waals surface area contributed by atoms with Crippen molar-refractivity contribution < 1.29 is 28.6 Å². The van der Waals surface area contributed by atoms with Gasteiger partial charge in [-0.3, -0.25) is 14.4 Å². The first-order valence-corrected chi connectivity index (χ1v) is 21.9. The Labute approximate surface area is 310 Å². The summed E-state index contributed by atoms with van der Waals surface area (Å²) in [5, 5.41) is 0. The third-order valence-corrected chi connectivity index (χ3v) is 10.2. The maximum atomic E-state index is 12.6. The minimum Gasteiger partial charge on any atom is -0.462 e. The van der Waals surface area contributed by atoms with Gasteiger partial charge in [0, 0.05) is 19.3 Å². The van der Waals surface area contributed by atoms with Crippen LogP contribution in [-0.2, 0) is 28.6 Å². The average Bonchev–Trinajstić information content (AvgIpc) is 3.11. The summed E-state index contributed by atoms with van der Waals surface area (Å²) in [6.45, 7) is 8.96. The van der Waals surface area contributed by atoms with Crippen LogP contribution in [0.25, 0.3) is 0 Å². The Bertz CT molecular complexity index is 753. The lowest BCUT2D eigenvalue weighted by atomic mass is 9.99. The van der Waals surface area contributed by atoms with Crippen LogP contribution in [0.3, 0.4) is 0 Å². The molecule has 0 heterocycles. The van der Waals surface area contributed by atoms with Gasteiger partial charge in [0.25, 0.3) is 0 Å². The van der Waals surface area contributed by atoms with Crippen molar-refractivity contribution in [3.63, 3.8) is 0 Å². The first-order chi connectivity index (χ1) is 24.4. The fourth-order valence-corrected chi connectivity index (χ4v) is 6.42. The van der Waals surface area contributed by atoms with Crippen molar-refractivity contribution in [3.05, 3.63) is 0 Å². The molecule has 0 saturated carbocycles. The van der Waals surface area contributed by atoms with E-state index in [0.717, 1.165) is 63.7 Å². The monoisotopic (exact) mass is 709 g/mol. The molecule has 1 unspecified atom stereocenters. The van der Waals surface area contributed by atoms with E-state index in [1.807, 2.05) is 0 Å². The number of unbranched alkanes of at least 4 members (excludes halogenated alkanes) is 25. The number of rotatable bonds is 39. The second-order valence-corrected chi connectivity index (χ2v) is 15.2. The molecular formula is C44H84O6. The summed E-state index contributed by atoms with van der Waals surface area (Å²) >= 11 is 0. The van der Waals surface area contributed by atoms with Gasteiger partial charge in [0.05, 0.1) is 0 Å². The number of hydrogen-bond acceptors (Lipinski definition) is 6. The van der Waals surface area contributed by atoms with E-state index in [1.54, 1.807) is 0 Å². The van der Waals surface area contributed by atoms with Gasteiger partial charge >= 0.3 is 17.9 Å². The van der Waals surface area contributed by atoms with Gasteiger partial charge in [-0.2, -0.15) is 0 Å². The second-order valence-electron chi connectivity index (χ2n) is 15.2. The molecule has 0 aliphatic rings. The zero-order valence-corrected chi connectivity index (χ0v) is 33.9. The molecular weight excluding hydrogens is 624 g/mol. The van der Waals surface area contributed by atoms with Crippen molar-refractivity contribution in [2.45, 2.75) is 246 Å². The molecule has 6 nitrogen and oxygen atoms in total. The number of hydrogen-bond donors (Lipinski definition) is 0. The predicted molar refractivity (Wildman–Crippen MR) is 210 cm³/mol. The zero-order valence-electron chi connectivity index (χ0n) is 33.9. The molecule has 0 spiro atoms. The molecule has 296 valence electrons. The lowest BCUT2D eigenvalue weighted by Gasteiger charge is -2.18. The molecule has 0 aliphatic heterocycles. The fraction of sp³-hybridized carbons (Fsp3) is 0.932. The van der Waals surface area contributed by atoms with Crippen molar-refractivity contribution in [2.24, 2.45) is 5.92 Å². The highest BCUT2D eigenvalue weighted by atomic mass is 16.6. The van der Waals surface area contributed by atoms with Crippen LogP contribution in [0.2, 0.25) is 0 Å². The smallest absolute Gasteiger partial charge is 0.306 e. The topological polar surface area (TPSA) is 78.9 Å². The number of esters is 3. The molecule has 0 aromatic carbocycles. The van der Waals surface area contributed by atoms with Crippen molar-refractivity contribution in [1.29, 1.82) is 0 Å². The molecule has 0 aliphatic carbocycles. The van der Waals surface area contributed by atoms with Crippen molar-refractivity contribution in [3.8, 4) is 0 Å². The molecule has 0 N–H and O–H groups in total. The Balaban J connectivity index is 4.26. The molecule has 0 aromatic heterocycles. The molecule has 50 heavy (non-hydrogen) atoms. The number of ether oxygens (including phenoxy) is 3. The summed E-state index contributed by atoms with van der Waals surface area (Å²) < 4.78 is 16.6. The molecule has 0 amide bonds. The summed E-state index contributed by atoms with van der Waals surface area (Å²) in [7, 11) is 0. The van der Waals surface area contributed by atoms with E-state index in [9.17, 15) is 14.4 Å². The van der Waals surface area contributed by atoms with Crippen LogP contribution < -0.4 is 0 Å². The van der Waals surface area contributed by atoms with Gasteiger partial charge in [-0.25, -0.2) is 0 Å². The summed E-state index contributed by atoms with van der Waals surface area (Å²) in [6, 6.07) is 0. The molecule has 0 saturated heterocycles. The standard InChI is InChI=1S/C44H84O6/c1-5-8-10-12-14-15-16-20-24-27-31-35-42(45)48-38-41(50-44(47)37-33-29-22-13-11-9-6-2)39-49-43(46)36-32-28-25-21-18-17-19-23-26-30-34-40(4)7-3/h40-41H,5-39H2,1-4H3/t40?,41-/m0/s1. The van der Waals surface area contributed by atoms with E-state index in [2.05, 4.69) is 27.7 Å². The van der Waals surface area contributed by atoms with Gasteiger partial charge in [0.15, 0.2) is 6.10 Å². The molecule has 0 aromatic rings. The molecule has 0 rings (SSSR count). The van der Waals surface area contributed by atoms with Crippen LogP contribution in [0, 0.1) is 5.92 Å². The van der Waals surface area contributed by atoms with Crippen molar-refractivity contribution >= 4 is 17.9 Å². The molecule has 0 bridgehead atoms. The van der Waals surface area contributed by atoms with E-state index in [0.29, 0.717) is 19.3 Å². The van der Waals surface area contributed by atoms with Gasteiger partial charge in [-0.1, -0.05) is 201 Å². The summed E-state index contributed by atoms with van der Waals surface area (Å²) in [4.78, 5) is 37.5. The Morgan fingerprint density at radius 1 is 0.400 bits per heavy atom. The van der Waals surface area contributed by atoms with Crippen LogP contribution in [0.4, 0.5) is 0 Å². The van der Waals surface area contributed by atoms with Gasteiger partial charge in [0.2, 0.25) is 0 Å². The highest BCUT2D eigenvalue weighted by Gasteiger charge is 2.19. The number of carbonyl (C=O) groups is 3. The number of carbonyl (C=O) groups excluding carboxylic acids is 3. The maximum Gasteiger partial charge on any atom is 0.306 e. The van der Waals surface area contributed by atoms with E-state index < -0.39 is 6.10 Å². The average molecular weight is 709 g/mol. The Morgan fingerprint density at radius 2 is 0.700 bits per heavy atom. The molecule has 0 radical (unpaired) electrons. The quantitative estimate of drug-likeness (QED) is 0.0359. The van der Waals surface area contributed by atoms with Crippen molar-refractivity contribution in [1.82, 2.24) is 0 Å². The van der Waals surface area contributed by atoms with E-state index in [-0.39, 0.29) is 31.1 Å². The zero-order chi connectivity index (χ0) is 36.8. The van der Waals surface area contributed by atoms with Crippen molar-refractivity contribution in [2.75, 3.05) is 13.2 Å². The maximum absolute atomic E-state index is 12.6. The van der Waals surface area contributed by atoms with Crippen LogP contribution in [0.5, 0.6) is 0 Å². The van der Waals surface area contributed by atoms with Gasteiger partial charge in [0.1, 0.15) is 13.2 Å². The Hall–Kier alpha value is -1.59. The largest absolute Gasteiger partial charge is 0.462 e. The minimum atomic E-state index is -0.757. The molecule has 0 fully saturated rings. The first-order valence-electron chi connectivity index (χ1n) is 21.9. The Morgan fingerprint density at radius 3 is 1.04 bits per heavy atom. The fourth-order valence-electron chi connectivity index (χ4n) is 6.42. The SMILES string of the molecule is CCCCCCCCCCCCCC(=O)OC[C@@H](COC(=O)CCCCCCCCCCCCC(C)CC)OC(=O)CCCCCCCCC. The minimum absolute atomic E-state index is 0.0647. The third-order valence-electron chi connectivity index (χ3n) is 10.2. The lowest BCUT2D eigenvalue weighted by Crippen LogP contribution is -2.30. The lowest BCUT2D eigenvalue weighted by molar-refractivity contribution is -0.167. The van der Waals surface area contributed by atoms with Crippen LogP contribution >= 0.6 is 0 Å². The van der Waals surface area contributed by atoms with Crippen LogP contribution in [-0.4, -0.2) is 37.2 Å². The normalized spacial score (nSPS) is 12.5. The molecule has 6 heteroatoms. The Kier molecular flexibility index (Phi) is 37.4. The van der Waals surface area contributed by atoms with Crippen LogP contribution in [0.15, 0.2) is 0 Å².